The summed E-state index contributed by atoms with van der Waals surface area (Å²) in [5.41, 5.74) is -1.19. The van der Waals surface area contributed by atoms with Crippen LogP contribution in [-0.4, -0.2) is 76.1 Å². The lowest BCUT2D eigenvalue weighted by Crippen LogP contribution is -2.63. The molecule has 0 aromatic heterocycles. The van der Waals surface area contributed by atoms with Crippen LogP contribution in [-0.2, 0) is 0 Å². The fourth-order valence-electron chi connectivity index (χ4n) is 1.25. The molecule has 0 aliphatic carbocycles. The van der Waals surface area contributed by atoms with Gasteiger partial charge in [0, 0.05) is 0 Å². The maximum atomic E-state index is 9.19. The number of aliphatic hydroxyl groups is 5. The van der Waals surface area contributed by atoms with Gasteiger partial charge in [0.25, 0.3) is 0 Å². The molecule has 0 heterocycles. The molecule has 0 aromatic carbocycles. The number of hydrogen-bond donors (Lipinski definition) is 5. The molecular weight excluding hydrogens is 202 g/mol. The van der Waals surface area contributed by atoms with Gasteiger partial charge in [-0.1, -0.05) is 0 Å². The highest BCUT2D eigenvalue weighted by Crippen LogP contribution is 2.21. The van der Waals surface area contributed by atoms with E-state index in [2.05, 4.69) is 0 Å². The molecule has 0 bridgehead atoms. The molecule has 0 fully saturated rings. The van der Waals surface area contributed by atoms with Crippen molar-refractivity contribution in [1.82, 2.24) is 0 Å². The van der Waals surface area contributed by atoms with Gasteiger partial charge in [-0.3, -0.25) is 4.48 Å². The van der Waals surface area contributed by atoms with Gasteiger partial charge in [-0.15, -0.1) is 0 Å². The number of aliphatic hydroxyl groups excluding tert-OH is 5. The number of nitrogens with zero attached hydrogens (tertiary/aromatic N) is 1. The lowest BCUT2D eigenvalue weighted by Gasteiger charge is -2.42. The Morgan fingerprint density at radius 3 is 1.73 bits per heavy atom. The Morgan fingerprint density at radius 2 is 1.47 bits per heavy atom. The highest BCUT2D eigenvalue weighted by Gasteiger charge is 2.44. The van der Waals surface area contributed by atoms with Crippen molar-refractivity contribution in [2.75, 3.05) is 40.5 Å². The fraction of sp³-hybridized carbons (Fsp3) is 0.778. The monoisotopic (exact) mass is 222 g/mol. The third kappa shape index (κ3) is 2.90. The van der Waals surface area contributed by atoms with Crippen molar-refractivity contribution in [1.29, 1.82) is 0 Å². The van der Waals surface area contributed by atoms with Crippen LogP contribution in [0.15, 0.2) is 12.0 Å². The summed E-state index contributed by atoms with van der Waals surface area (Å²) >= 11 is 0. The minimum Gasteiger partial charge on any atom is -0.505 e. The van der Waals surface area contributed by atoms with Crippen molar-refractivity contribution in [3.05, 3.63) is 12.0 Å². The van der Waals surface area contributed by atoms with E-state index in [1.165, 1.54) is 6.20 Å². The predicted molar refractivity (Wildman–Crippen MR) is 53.9 cm³/mol. The zero-order chi connectivity index (χ0) is 12.1. The molecular formula is C9H20NO5+. The first-order valence-electron chi connectivity index (χ1n) is 4.57. The minimum atomic E-state index is -1.19. The van der Waals surface area contributed by atoms with Crippen LogP contribution < -0.4 is 0 Å². The van der Waals surface area contributed by atoms with Crippen LogP contribution in [0.25, 0.3) is 0 Å². The molecule has 0 unspecified atom stereocenters. The van der Waals surface area contributed by atoms with E-state index >= 15 is 0 Å². The molecule has 90 valence electrons. The van der Waals surface area contributed by atoms with Crippen LogP contribution in [0.3, 0.4) is 0 Å². The van der Waals surface area contributed by atoms with E-state index in [1.54, 1.807) is 14.1 Å². The molecule has 5 N–H and O–H groups in total. The van der Waals surface area contributed by atoms with E-state index in [9.17, 15) is 20.4 Å². The lowest BCUT2D eigenvalue weighted by molar-refractivity contribution is -0.898. The minimum absolute atomic E-state index is 0.136. The van der Waals surface area contributed by atoms with Gasteiger partial charge < -0.3 is 25.5 Å². The SMILES string of the molecule is C[N+](C)(/C=C(\O)CO)C(CO)(CO)CO. The smallest absolute Gasteiger partial charge is 0.173 e. The van der Waals surface area contributed by atoms with Gasteiger partial charge >= 0.3 is 0 Å². The molecule has 0 aromatic rings. The normalized spacial score (nSPS) is 14.4. The van der Waals surface area contributed by atoms with Gasteiger partial charge in [-0.05, 0) is 0 Å². The number of likely N-dealkylation sites (N-methyl/N-ethyl adjacent to an activating group) is 1. The Morgan fingerprint density at radius 1 is 1.07 bits per heavy atom. The molecule has 15 heavy (non-hydrogen) atoms. The summed E-state index contributed by atoms with van der Waals surface area (Å²) in [4.78, 5) is 0. The Labute approximate surface area is 88.9 Å². The van der Waals surface area contributed by atoms with Crippen LogP contribution in [0.4, 0.5) is 0 Å². The Bertz CT molecular complexity index is 214. The lowest BCUT2D eigenvalue weighted by atomic mass is 9.99. The summed E-state index contributed by atoms with van der Waals surface area (Å²) < 4.78 is -0.136. The van der Waals surface area contributed by atoms with Gasteiger partial charge in [0.2, 0.25) is 0 Å². The first kappa shape index (κ1) is 14.3. The average Bonchev–Trinajstić information content (AvgIpc) is 2.20. The van der Waals surface area contributed by atoms with Crippen LogP contribution in [0, 0.1) is 0 Å². The Hall–Kier alpha value is -0.660. The maximum absolute atomic E-state index is 9.19. The van der Waals surface area contributed by atoms with Crippen LogP contribution in [0.1, 0.15) is 0 Å². The second-order valence-electron chi connectivity index (χ2n) is 4.02. The predicted octanol–water partition coefficient (Wildman–Crippen LogP) is -1.83. The summed E-state index contributed by atoms with van der Waals surface area (Å²) in [6, 6.07) is 0. The molecule has 6 nitrogen and oxygen atoms in total. The molecule has 0 saturated heterocycles. The Kier molecular flexibility index (Phi) is 5.19. The molecule has 0 rings (SSSR count). The van der Waals surface area contributed by atoms with E-state index < -0.39 is 32.0 Å². The first-order valence-corrected chi connectivity index (χ1v) is 4.57. The van der Waals surface area contributed by atoms with E-state index in [4.69, 9.17) is 5.11 Å². The average molecular weight is 222 g/mol. The number of rotatable bonds is 6. The topological polar surface area (TPSA) is 101 Å². The van der Waals surface area contributed by atoms with E-state index in [0.717, 1.165) is 0 Å². The molecule has 0 aliphatic rings. The standard InChI is InChI=1S/C9H19NO5/c1-10(2,3-8(15)4-11)9(5-12,6-13)7-14/h3,11-14H,4-7H2,1-2H3/p+1/b8-3-. The van der Waals surface area contributed by atoms with Crippen LogP contribution in [0.5, 0.6) is 0 Å². The van der Waals surface area contributed by atoms with Gasteiger partial charge in [0.05, 0.1) is 14.1 Å². The zero-order valence-corrected chi connectivity index (χ0v) is 9.09. The van der Waals surface area contributed by atoms with E-state index in [-0.39, 0.29) is 10.2 Å². The van der Waals surface area contributed by atoms with Crippen molar-refractivity contribution in [2.24, 2.45) is 0 Å². The number of hydrogen-bond acceptors (Lipinski definition) is 5. The number of quaternary nitrogens is 1. The molecule has 0 radical (unpaired) electrons. The third-order valence-electron chi connectivity index (χ3n) is 2.74. The fourth-order valence-corrected chi connectivity index (χ4v) is 1.25. The summed E-state index contributed by atoms with van der Waals surface area (Å²) in [6.07, 6.45) is 1.27. The van der Waals surface area contributed by atoms with Crippen molar-refractivity contribution < 1.29 is 30.0 Å². The van der Waals surface area contributed by atoms with Gasteiger partial charge in [-0.25, -0.2) is 0 Å². The highest BCUT2D eigenvalue weighted by molar-refractivity contribution is 4.89. The molecule has 6 heteroatoms. The van der Waals surface area contributed by atoms with Gasteiger partial charge in [0.15, 0.2) is 11.3 Å². The summed E-state index contributed by atoms with van der Waals surface area (Å²) in [7, 11) is 3.18. The summed E-state index contributed by atoms with van der Waals surface area (Å²) in [6.45, 7) is -1.85. The van der Waals surface area contributed by atoms with Crippen molar-refractivity contribution in [3.63, 3.8) is 0 Å². The second kappa shape index (κ2) is 5.43. The first-order chi connectivity index (χ1) is 6.89. The van der Waals surface area contributed by atoms with Crippen molar-refractivity contribution in [3.8, 4) is 0 Å². The summed E-state index contributed by atoms with van der Waals surface area (Å²) in [5, 5.41) is 45.4. The summed E-state index contributed by atoms with van der Waals surface area (Å²) in [5.74, 6) is -0.278. The molecule has 0 aliphatic heterocycles. The van der Waals surface area contributed by atoms with Crippen LogP contribution >= 0.6 is 0 Å². The second-order valence-corrected chi connectivity index (χ2v) is 4.02. The van der Waals surface area contributed by atoms with Gasteiger partial charge in [-0.2, -0.15) is 0 Å². The van der Waals surface area contributed by atoms with Crippen molar-refractivity contribution in [2.45, 2.75) is 5.54 Å². The zero-order valence-electron chi connectivity index (χ0n) is 9.09. The van der Waals surface area contributed by atoms with E-state index in [1.807, 2.05) is 0 Å². The van der Waals surface area contributed by atoms with E-state index in [0.29, 0.717) is 0 Å². The van der Waals surface area contributed by atoms with Crippen LogP contribution in [0.2, 0.25) is 0 Å². The largest absolute Gasteiger partial charge is 0.505 e. The molecule has 0 amide bonds. The Balaban J connectivity index is 5.11. The molecule has 0 saturated carbocycles. The third-order valence-corrected chi connectivity index (χ3v) is 2.74. The quantitative estimate of drug-likeness (QED) is 0.269. The van der Waals surface area contributed by atoms with Crippen molar-refractivity contribution >= 4 is 0 Å². The van der Waals surface area contributed by atoms with Gasteiger partial charge in [0.1, 0.15) is 32.6 Å². The molecule has 0 atom stereocenters. The molecule has 0 spiro atoms. The maximum Gasteiger partial charge on any atom is 0.173 e. The highest BCUT2D eigenvalue weighted by atomic mass is 16.3.